The first-order chi connectivity index (χ1) is 5.77. The molecule has 1 aromatic carbocycles. The minimum atomic E-state index is -0.0559. The summed E-state index contributed by atoms with van der Waals surface area (Å²) in [6, 6.07) is 10.1. The summed E-state index contributed by atoms with van der Waals surface area (Å²) in [5, 5.41) is 0.850. The van der Waals surface area contributed by atoms with Crippen LogP contribution < -0.4 is 0 Å². The second-order valence-corrected chi connectivity index (χ2v) is 2.61. The third-order valence-corrected chi connectivity index (χ3v) is 1.69. The number of hydrogen-bond acceptors (Lipinski definition) is 2. The Morgan fingerprint density at radius 1 is 1.58 bits per heavy atom. The molecule has 0 fully saturated rings. The van der Waals surface area contributed by atoms with E-state index in [9.17, 15) is 4.79 Å². The van der Waals surface area contributed by atoms with E-state index in [1.165, 1.54) is 6.92 Å². The molecule has 0 unspecified atom stereocenters. The topological polar surface area (TPSA) is 30.2 Å². The van der Waals surface area contributed by atoms with Gasteiger partial charge in [0.15, 0.2) is 11.5 Å². The molecule has 0 spiro atoms. The minimum absolute atomic E-state index is 0.0559. The van der Waals surface area contributed by atoms with Crippen LogP contribution in [-0.2, 0) is 0 Å². The van der Waals surface area contributed by atoms with Crippen molar-refractivity contribution in [2.75, 3.05) is 0 Å². The van der Waals surface area contributed by atoms with E-state index in [0.29, 0.717) is 11.3 Å². The van der Waals surface area contributed by atoms with Crippen LogP contribution in [0.15, 0.2) is 28.7 Å². The van der Waals surface area contributed by atoms with Gasteiger partial charge in [0.05, 0.1) is 0 Å². The van der Waals surface area contributed by atoms with Gasteiger partial charge in [-0.3, -0.25) is 4.79 Å². The minimum Gasteiger partial charge on any atom is -0.453 e. The first-order valence-corrected chi connectivity index (χ1v) is 3.68. The molecular weight excluding hydrogens is 152 g/mol. The van der Waals surface area contributed by atoms with Gasteiger partial charge in [0.1, 0.15) is 5.58 Å². The van der Waals surface area contributed by atoms with Gasteiger partial charge in [-0.25, -0.2) is 0 Å². The standard InChI is InChI=1S/C10H7O2/c1-7(11)10-6-8-4-2-3-5-9(8)12-10/h2-3,5-6H,1H3. The molecule has 0 aliphatic heterocycles. The lowest BCUT2D eigenvalue weighted by molar-refractivity contribution is 0.0989. The van der Waals surface area contributed by atoms with Crippen LogP contribution in [0.1, 0.15) is 17.5 Å². The fourth-order valence-corrected chi connectivity index (χ4v) is 1.09. The van der Waals surface area contributed by atoms with Crippen LogP contribution in [0.3, 0.4) is 0 Å². The second kappa shape index (κ2) is 2.48. The summed E-state index contributed by atoms with van der Waals surface area (Å²) in [5.74, 6) is 0.340. The highest BCUT2D eigenvalue weighted by atomic mass is 16.3. The van der Waals surface area contributed by atoms with E-state index in [1.54, 1.807) is 12.1 Å². The number of carbonyl (C=O) groups excluding carboxylic acids is 1. The van der Waals surface area contributed by atoms with Gasteiger partial charge in [-0.05, 0) is 18.2 Å². The number of ketones is 1. The molecule has 1 heterocycles. The van der Waals surface area contributed by atoms with Crippen LogP contribution in [0.2, 0.25) is 0 Å². The highest BCUT2D eigenvalue weighted by Crippen LogP contribution is 2.18. The zero-order chi connectivity index (χ0) is 8.55. The lowest BCUT2D eigenvalue weighted by Crippen LogP contribution is -1.85. The number of fused-ring (bicyclic) bond motifs is 1. The fourth-order valence-electron chi connectivity index (χ4n) is 1.09. The number of furan rings is 1. The van der Waals surface area contributed by atoms with Crippen molar-refractivity contribution in [3.63, 3.8) is 0 Å². The molecule has 2 nitrogen and oxygen atoms in total. The SMILES string of the molecule is CC(=O)c1cc2[c]cccc2o1. The van der Waals surface area contributed by atoms with Crippen LogP contribution in [-0.4, -0.2) is 5.78 Å². The highest BCUT2D eigenvalue weighted by molar-refractivity contribution is 5.95. The Morgan fingerprint density at radius 2 is 2.42 bits per heavy atom. The summed E-state index contributed by atoms with van der Waals surface area (Å²) < 4.78 is 5.25. The molecule has 59 valence electrons. The van der Waals surface area contributed by atoms with E-state index >= 15 is 0 Å². The Balaban J connectivity index is 2.70. The molecule has 1 radical (unpaired) electrons. The molecule has 2 rings (SSSR count). The molecule has 0 atom stereocenters. The van der Waals surface area contributed by atoms with Crippen LogP contribution in [0.4, 0.5) is 0 Å². The van der Waals surface area contributed by atoms with Gasteiger partial charge in [0, 0.05) is 12.3 Å². The molecule has 0 aliphatic carbocycles. The summed E-state index contributed by atoms with van der Waals surface area (Å²) in [4.78, 5) is 10.9. The molecule has 0 bridgehead atoms. The highest BCUT2D eigenvalue weighted by Gasteiger charge is 2.05. The Bertz CT molecular complexity index is 393. The van der Waals surface area contributed by atoms with Crippen molar-refractivity contribution in [3.05, 3.63) is 36.1 Å². The summed E-state index contributed by atoms with van der Waals surface area (Å²) in [7, 11) is 0. The summed E-state index contributed by atoms with van der Waals surface area (Å²) in [5.41, 5.74) is 0.711. The molecule has 0 amide bonds. The van der Waals surface area contributed by atoms with Gasteiger partial charge < -0.3 is 4.42 Å². The Morgan fingerprint density at radius 3 is 3.08 bits per heavy atom. The summed E-state index contributed by atoms with van der Waals surface area (Å²) >= 11 is 0. The van der Waals surface area contributed by atoms with Gasteiger partial charge in [0.2, 0.25) is 0 Å². The second-order valence-electron chi connectivity index (χ2n) is 2.61. The van der Waals surface area contributed by atoms with Gasteiger partial charge in [-0.1, -0.05) is 12.1 Å². The van der Waals surface area contributed by atoms with Crippen molar-refractivity contribution < 1.29 is 9.21 Å². The van der Waals surface area contributed by atoms with Crippen LogP contribution >= 0.6 is 0 Å². The predicted molar refractivity (Wildman–Crippen MR) is 45.1 cm³/mol. The number of hydrogen-bond donors (Lipinski definition) is 0. The van der Waals surface area contributed by atoms with Crippen LogP contribution in [0, 0.1) is 6.07 Å². The Kier molecular flexibility index (Phi) is 1.47. The smallest absolute Gasteiger partial charge is 0.194 e. The number of carbonyl (C=O) groups is 1. The molecule has 0 saturated heterocycles. The zero-order valence-corrected chi connectivity index (χ0v) is 6.63. The quantitative estimate of drug-likeness (QED) is 0.598. The Hall–Kier alpha value is -1.57. The van der Waals surface area contributed by atoms with E-state index in [1.807, 2.05) is 12.1 Å². The molecule has 2 aromatic rings. The van der Waals surface area contributed by atoms with E-state index in [4.69, 9.17) is 4.42 Å². The molecule has 1 aromatic heterocycles. The molecule has 0 saturated carbocycles. The summed E-state index contributed by atoms with van der Waals surface area (Å²) in [6.45, 7) is 1.48. The summed E-state index contributed by atoms with van der Waals surface area (Å²) in [6.07, 6.45) is 0. The van der Waals surface area contributed by atoms with E-state index in [-0.39, 0.29) is 5.78 Å². The van der Waals surface area contributed by atoms with Crippen molar-refractivity contribution in [1.82, 2.24) is 0 Å². The van der Waals surface area contributed by atoms with Gasteiger partial charge in [0.25, 0.3) is 0 Å². The van der Waals surface area contributed by atoms with Gasteiger partial charge in [-0.2, -0.15) is 0 Å². The van der Waals surface area contributed by atoms with Crippen molar-refractivity contribution in [2.45, 2.75) is 6.92 Å². The maximum absolute atomic E-state index is 10.9. The normalized spacial score (nSPS) is 10.4. The lowest BCUT2D eigenvalue weighted by atomic mass is 10.2. The largest absolute Gasteiger partial charge is 0.453 e. The van der Waals surface area contributed by atoms with Crippen molar-refractivity contribution >= 4 is 16.8 Å². The lowest BCUT2D eigenvalue weighted by Gasteiger charge is -1.83. The van der Waals surface area contributed by atoms with E-state index in [0.717, 1.165) is 5.39 Å². The first-order valence-electron chi connectivity index (χ1n) is 3.68. The maximum Gasteiger partial charge on any atom is 0.194 e. The zero-order valence-electron chi connectivity index (χ0n) is 6.63. The number of Topliss-reactive ketones (excluding diaryl/α,β-unsaturated/α-hetero) is 1. The molecule has 0 aliphatic rings. The molecule has 12 heavy (non-hydrogen) atoms. The van der Waals surface area contributed by atoms with Gasteiger partial charge >= 0.3 is 0 Å². The average molecular weight is 159 g/mol. The van der Waals surface area contributed by atoms with Crippen molar-refractivity contribution in [1.29, 1.82) is 0 Å². The first kappa shape index (κ1) is 7.10. The Labute approximate surface area is 69.8 Å². The molecule has 2 heteroatoms. The van der Waals surface area contributed by atoms with Gasteiger partial charge in [-0.15, -0.1) is 0 Å². The predicted octanol–water partition coefficient (Wildman–Crippen LogP) is 2.44. The van der Waals surface area contributed by atoms with Crippen molar-refractivity contribution in [2.24, 2.45) is 0 Å². The molecule has 0 N–H and O–H groups in total. The monoisotopic (exact) mass is 159 g/mol. The fraction of sp³-hybridized carbons (Fsp3) is 0.100. The van der Waals surface area contributed by atoms with E-state index < -0.39 is 0 Å². The molecular formula is C10H7O2. The van der Waals surface area contributed by atoms with Crippen LogP contribution in [0.5, 0.6) is 0 Å². The number of benzene rings is 1. The average Bonchev–Trinajstić information content (AvgIpc) is 2.46. The third-order valence-electron chi connectivity index (χ3n) is 1.69. The third kappa shape index (κ3) is 1.01. The van der Waals surface area contributed by atoms with Crippen LogP contribution in [0.25, 0.3) is 11.0 Å². The number of rotatable bonds is 1. The maximum atomic E-state index is 10.9. The van der Waals surface area contributed by atoms with Crippen molar-refractivity contribution in [3.8, 4) is 0 Å². The van der Waals surface area contributed by atoms with E-state index in [2.05, 4.69) is 6.07 Å².